The number of hydrogen-bond acceptors (Lipinski definition) is 4. The third-order valence-corrected chi connectivity index (χ3v) is 4.74. The first-order chi connectivity index (χ1) is 9.97. The van der Waals surface area contributed by atoms with E-state index in [2.05, 4.69) is 5.32 Å². The number of sulfonamides is 1. The van der Waals surface area contributed by atoms with Crippen LogP contribution < -0.4 is 9.62 Å². The maximum absolute atomic E-state index is 12.1. The van der Waals surface area contributed by atoms with Crippen LogP contribution >= 0.6 is 0 Å². The first-order valence-electron chi connectivity index (χ1n) is 6.74. The summed E-state index contributed by atoms with van der Waals surface area (Å²) in [5.74, 6) is -0.481. The van der Waals surface area contributed by atoms with Crippen molar-refractivity contribution in [3.8, 4) is 0 Å². The van der Waals surface area contributed by atoms with Gasteiger partial charge in [0.05, 0.1) is 11.4 Å². The van der Waals surface area contributed by atoms with Gasteiger partial charge < -0.3 is 10.1 Å². The van der Waals surface area contributed by atoms with Crippen molar-refractivity contribution in [2.45, 2.75) is 12.8 Å². The Morgan fingerprint density at radius 3 is 2.57 bits per heavy atom. The fraction of sp³-hybridized carbons (Fsp3) is 0.500. The van der Waals surface area contributed by atoms with E-state index in [9.17, 15) is 13.2 Å². The number of rotatable bonds is 9. The molecule has 0 spiro atoms. The minimum atomic E-state index is -3.50. The van der Waals surface area contributed by atoms with Crippen LogP contribution in [0.1, 0.15) is 12.8 Å². The maximum Gasteiger partial charge on any atom is 0.235 e. The second kappa shape index (κ2) is 8.63. The molecule has 1 rings (SSSR count). The van der Waals surface area contributed by atoms with E-state index in [0.29, 0.717) is 25.3 Å². The molecule has 6 nitrogen and oxygen atoms in total. The van der Waals surface area contributed by atoms with Gasteiger partial charge in [0.15, 0.2) is 0 Å². The minimum Gasteiger partial charge on any atom is -0.385 e. The number of para-hydroxylation sites is 1. The van der Waals surface area contributed by atoms with Crippen molar-refractivity contribution < 1.29 is 17.9 Å². The summed E-state index contributed by atoms with van der Waals surface area (Å²) in [6.45, 7) is 1.05. The summed E-state index contributed by atoms with van der Waals surface area (Å²) in [6.07, 6.45) is 0.658. The average Bonchev–Trinajstić information content (AvgIpc) is 2.50. The van der Waals surface area contributed by atoms with Crippen LogP contribution in [0.2, 0.25) is 0 Å². The number of anilines is 1. The monoisotopic (exact) mass is 314 g/mol. The van der Waals surface area contributed by atoms with Gasteiger partial charge >= 0.3 is 0 Å². The smallest absolute Gasteiger partial charge is 0.235 e. The zero-order chi connectivity index (χ0) is 15.7. The standard InChI is InChI=1S/C14H22N2O4S/c1-16(13-7-4-3-5-8-13)21(18,19)12-9-14(17)15-10-6-11-20-2/h3-5,7-8H,6,9-12H2,1-2H3,(H,15,17). The van der Waals surface area contributed by atoms with E-state index in [0.717, 1.165) is 0 Å². The molecule has 1 amide bonds. The molecule has 0 aliphatic heterocycles. The molecule has 7 heteroatoms. The molecule has 118 valence electrons. The Bertz CT molecular complexity index is 531. The van der Waals surface area contributed by atoms with E-state index in [1.807, 2.05) is 6.07 Å². The van der Waals surface area contributed by atoms with E-state index >= 15 is 0 Å². The third kappa shape index (κ3) is 6.14. The highest BCUT2D eigenvalue weighted by atomic mass is 32.2. The van der Waals surface area contributed by atoms with Crippen LogP contribution in [-0.4, -0.2) is 47.4 Å². The molecule has 0 aliphatic rings. The van der Waals surface area contributed by atoms with Gasteiger partial charge in [0.1, 0.15) is 0 Å². The normalized spacial score (nSPS) is 11.1. The Hall–Kier alpha value is -1.60. The Labute approximate surface area is 126 Å². The van der Waals surface area contributed by atoms with Gasteiger partial charge in [-0.3, -0.25) is 9.10 Å². The van der Waals surface area contributed by atoms with Crippen LogP contribution in [0.25, 0.3) is 0 Å². The number of amides is 1. The lowest BCUT2D eigenvalue weighted by atomic mass is 10.3. The summed E-state index contributed by atoms with van der Waals surface area (Å²) in [6, 6.07) is 8.77. The Balaban J connectivity index is 2.44. The van der Waals surface area contributed by atoms with E-state index in [-0.39, 0.29) is 18.1 Å². The van der Waals surface area contributed by atoms with Crippen LogP contribution in [0.3, 0.4) is 0 Å². The van der Waals surface area contributed by atoms with Crippen molar-refractivity contribution in [1.29, 1.82) is 0 Å². The number of hydrogen-bond donors (Lipinski definition) is 1. The number of carbonyl (C=O) groups is 1. The number of ether oxygens (including phenoxy) is 1. The van der Waals surface area contributed by atoms with Gasteiger partial charge in [0, 0.05) is 33.7 Å². The molecule has 0 radical (unpaired) electrons. The predicted molar refractivity (Wildman–Crippen MR) is 82.8 cm³/mol. The molecule has 0 saturated carbocycles. The van der Waals surface area contributed by atoms with Gasteiger partial charge in [-0.15, -0.1) is 0 Å². The van der Waals surface area contributed by atoms with Crippen molar-refractivity contribution in [2.24, 2.45) is 0 Å². The van der Waals surface area contributed by atoms with Gasteiger partial charge in [-0.2, -0.15) is 0 Å². The number of methoxy groups -OCH3 is 1. The van der Waals surface area contributed by atoms with E-state index in [4.69, 9.17) is 4.74 Å². The summed E-state index contributed by atoms with van der Waals surface area (Å²) >= 11 is 0. The summed E-state index contributed by atoms with van der Waals surface area (Å²) in [5, 5.41) is 2.67. The molecule has 0 aromatic heterocycles. The second-order valence-corrected chi connectivity index (χ2v) is 6.69. The van der Waals surface area contributed by atoms with Crippen LogP contribution in [0, 0.1) is 0 Å². The molecule has 1 aromatic rings. The number of carbonyl (C=O) groups excluding carboxylic acids is 1. The summed E-state index contributed by atoms with van der Waals surface area (Å²) < 4.78 is 30.3. The van der Waals surface area contributed by atoms with Gasteiger partial charge in [0.25, 0.3) is 0 Å². The SMILES string of the molecule is COCCCNC(=O)CCS(=O)(=O)N(C)c1ccccc1. The predicted octanol–water partition coefficient (Wildman–Crippen LogP) is 0.995. The summed E-state index contributed by atoms with van der Waals surface area (Å²) in [5.41, 5.74) is 0.581. The molecule has 1 aromatic carbocycles. The third-order valence-electron chi connectivity index (χ3n) is 2.97. The van der Waals surface area contributed by atoms with Gasteiger partial charge in [-0.05, 0) is 18.6 Å². The first kappa shape index (κ1) is 17.5. The average molecular weight is 314 g/mol. The van der Waals surface area contributed by atoms with Crippen molar-refractivity contribution in [2.75, 3.05) is 37.4 Å². The quantitative estimate of drug-likeness (QED) is 0.690. The molecular weight excluding hydrogens is 292 g/mol. The summed E-state index contributed by atoms with van der Waals surface area (Å²) in [4.78, 5) is 11.6. The fourth-order valence-electron chi connectivity index (χ4n) is 1.69. The van der Waals surface area contributed by atoms with Gasteiger partial charge in [-0.25, -0.2) is 8.42 Å². The molecule has 21 heavy (non-hydrogen) atoms. The Kier molecular flexibility index (Phi) is 7.18. The lowest BCUT2D eigenvalue weighted by Crippen LogP contribution is -2.33. The second-order valence-electron chi connectivity index (χ2n) is 4.57. The Morgan fingerprint density at radius 1 is 1.29 bits per heavy atom. The van der Waals surface area contributed by atoms with Crippen molar-refractivity contribution in [3.05, 3.63) is 30.3 Å². The zero-order valence-corrected chi connectivity index (χ0v) is 13.2. The number of nitrogens with zero attached hydrogens (tertiary/aromatic N) is 1. The van der Waals surface area contributed by atoms with Crippen molar-refractivity contribution >= 4 is 21.6 Å². The largest absolute Gasteiger partial charge is 0.385 e. The van der Waals surface area contributed by atoms with E-state index in [1.165, 1.54) is 11.4 Å². The van der Waals surface area contributed by atoms with Crippen molar-refractivity contribution in [3.63, 3.8) is 0 Å². The zero-order valence-electron chi connectivity index (χ0n) is 12.4. The molecule has 0 atom stereocenters. The van der Waals surface area contributed by atoms with Crippen LogP contribution in [0.5, 0.6) is 0 Å². The molecule has 0 bridgehead atoms. The first-order valence-corrected chi connectivity index (χ1v) is 8.35. The van der Waals surface area contributed by atoms with Gasteiger partial charge in [0.2, 0.25) is 15.9 Å². The highest BCUT2D eigenvalue weighted by molar-refractivity contribution is 7.92. The highest BCUT2D eigenvalue weighted by Gasteiger charge is 2.19. The molecule has 0 saturated heterocycles. The van der Waals surface area contributed by atoms with Crippen LogP contribution in [-0.2, 0) is 19.6 Å². The van der Waals surface area contributed by atoms with Crippen molar-refractivity contribution in [1.82, 2.24) is 5.32 Å². The van der Waals surface area contributed by atoms with Crippen LogP contribution in [0.4, 0.5) is 5.69 Å². The van der Waals surface area contributed by atoms with Crippen LogP contribution in [0.15, 0.2) is 30.3 Å². The van der Waals surface area contributed by atoms with E-state index < -0.39 is 10.0 Å². The lowest BCUT2D eigenvalue weighted by molar-refractivity contribution is -0.120. The molecule has 0 unspecified atom stereocenters. The molecule has 0 heterocycles. The topological polar surface area (TPSA) is 75.7 Å². The fourth-order valence-corrected chi connectivity index (χ4v) is 2.85. The van der Waals surface area contributed by atoms with E-state index in [1.54, 1.807) is 31.4 Å². The number of nitrogens with one attached hydrogen (secondary N) is 1. The maximum atomic E-state index is 12.1. The Morgan fingerprint density at radius 2 is 1.95 bits per heavy atom. The molecule has 1 N–H and O–H groups in total. The highest BCUT2D eigenvalue weighted by Crippen LogP contribution is 2.15. The summed E-state index contributed by atoms with van der Waals surface area (Å²) in [7, 11) is -0.418. The van der Waals surface area contributed by atoms with Gasteiger partial charge in [-0.1, -0.05) is 18.2 Å². The lowest BCUT2D eigenvalue weighted by Gasteiger charge is -2.19. The molecular formula is C14H22N2O4S. The molecule has 0 fully saturated rings. The minimum absolute atomic E-state index is 0.0491. The number of benzene rings is 1. The molecule has 0 aliphatic carbocycles.